The van der Waals surface area contributed by atoms with E-state index in [1.165, 1.54) is 17.5 Å². The second kappa shape index (κ2) is 12.9. The zero-order valence-electron chi connectivity index (χ0n) is 20.9. The smallest absolute Gasteiger partial charge is 0.322 e. The quantitative estimate of drug-likeness (QED) is 0.312. The Bertz CT molecular complexity index is 1180. The summed E-state index contributed by atoms with van der Waals surface area (Å²) in [6.45, 7) is 3.19. The topological polar surface area (TPSA) is 161 Å². The van der Waals surface area contributed by atoms with Gasteiger partial charge in [0.15, 0.2) is 0 Å². The van der Waals surface area contributed by atoms with Gasteiger partial charge in [-0.15, -0.1) is 0 Å². The molecule has 3 rings (SSSR count). The van der Waals surface area contributed by atoms with E-state index in [1.54, 1.807) is 18.3 Å². The molecule has 11 nitrogen and oxygen atoms in total. The molecule has 1 fully saturated rings. The van der Waals surface area contributed by atoms with E-state index < -0.39 is 48.4 Å². The number of carboxylic acid groups (broad SMARTS) is 1. The number of aliphatic carboxylic acids is 1. The molecule has 198 valence electrons. The number of fused-ring (bicyclic) bond motifs is 1. The Morgan fingerprint density at radius 2 is 2.00 bits per heavy atom. The number of rotatable bonds is 10. The molecule has 1 saturated heterocycles. The molecular formula is C26H33N5O6. The molecule has 2 heterocycles. The fraction of sp³-hybridized carbons (Fsp3) is 0.423. The van der Waals surface area contributed by atoms with Gasteiger partial charge in [-0.05, 0) is 49.3 Å². The van der Waals surface area contributed by atoms with Crippen molar-refractivity contribution in [3.63, 3.8) is 0 Å². The highest BCUT2D eigenvalue weighted by Crippen LogP contribution is 2.17. The van der Waals surface area contributed by atoms with Gasteiger partial charge in [0.2, 0.25) is 11.8 Å². The highest BCUT2D eigenvalue weighted by Gasteiger charge is 2.31. The number of carboxylic acids is 1. The normalized spacial score (nSPS) is 17.4. The number of pyridine rings is 1. The third-order valence-corrected chi connectivity index (χ3v) is 6.12. The van der Waals surface area contributed by atoms with Crippen LogP contribution >= 0.6 is 0 Å². The van der Waals surface area contributed by atoms with Crippen LogP contribution in [-0.2, 0) is 25.6 Å². The maximum Gasteiger partial charge on any atom is 0.322 e. The number of nitrogens with zero attached hydrogens (tertiary/aromatic N) is 2. The van der Waals surface area contributed by atoms with Gasteiger partial charge in [0.25, 0.3) is 5.91 Å². The summed E-state index contributed by atoms with van der Waals surface area (Å²) < 4.78 is 0. The molecule has 0 saturated carbocycles. The first-order valence-corrected chi connectivity index (χ1v) is 12.3. The summed E-state index contributed by atoms with van der Waals surface area (Å²) in [6.07, 6.45) is 6.88. The Morgan fingerprint density at radius 1 is 1.22 bits per heavy atom. The monoisotopic (exact) mass is 511 g/mol. The summed E-state index contributed by atoms with van der Waals surface area (Å²) >= 11 is 0. The van der Waals surface area contributed by atoms with Gasteiger partial charge in [-0.2, -0.15) is 0 Å². The number of aryl methyl sites for hydroxylation is 1. The zero-order valence-corrected chi connectivity index (χ0v) is 20.9. The summed E-state index contributed by atoms with van der Waals surface area (Å²) in [5.74, 6) is -2.79. The average molecular weight is 512 g/mol. The van der Waals surface area contributed by atoms with Crippen molar-refractivity contribution < 1.29 is 29.4 Å². The molecule has 2 aromatic rings. The minimum Gasteiger partial charge on any atom is -0.480 e. The van der Waals surface area contributed by atoms with Crippen LogP contribution in [0.3, 0.4) is 0 Å². The Labute approximate surface area is 214 Å². The first kappa shape index (κ1) is 27.8. The number of aromatic nitrogens is 1. The Balaban J connectivity index is 1.51. The van der Waals surface area contributed by atoms with E-state index in [2.05, 4.69) is 40.1 Å². The zero-order chi connectivity index (χ0) is 26.9. The number of hydrazine groups is 1. The van der Waals surface area contributed by atoms with Crippen molar-refractivity contribution >= 4 is 40.5 Å². The van der Waals surface area contributed by atoms with Gasteiger partial charge < -0.3 is 20.8 Å². The Morgan fingerprint density at radius 3 is 2.70 bits per heavy atom. The lowest BCUT2D eigenvalue weighted by Gasteiger charge is -2.33. The molecule has 3 atom stereocenters. The maximum atomic E-state index is 12.6. The van der Waals surface area contributed by atoms with Crippen molar-refractivity contribution in [2.75, 3.05) is 13.2 Å². The molecule has 0 radical (unpaired) electrons. The van der Waals surface area contributed by atoms with Crippen LogP contribution in [0.15, 0.2) is 36.5 Å². The van der Waals surface area contributed by atoms with Crippen LogP contribution in [0.5, 0.6) is 0 Å². The van der Waals surface area contributed by atoms with Crippen molar-refractivity contribution in [3.05, 3.63) is 47.8 Å². The number of carbonyl (C=O) groups is 4. The number of benzene rings is 1. The number of carbonyl (C=O) groups excluding carboxylic acids is 3. The third-order valence-electron chi connectivity index (χ3n) is 6.12. The van der Waals surface area contributed by atoms with E-state index in [1.807, 2.05) is 12.1 Å². The van der Waals surface area contributed by atoms with Gasteiger partial charge >= 0.3 is 5.97 Å². The van der Waals surface area contributed by atoms with Crippen LogP contribution in [0.25, 0.3) is 16.8 Å². The predicted molar refractivity (Wildman–Crippen MR) is 137 cm³/mol. The summed E-state index contributed by atoms with van der Waals surface area (Å²) in [6, 6.07) is 5.00. The molecule has 1 aromatic carbocycles. The highest BCUT2D eigenvalue weighted by atomic mass is 16.4. The molecule has 11 heteroatoms. The Hall–Kier alpha value is -3.83. The molecule has 0 spiro atoms. The van der Waals surface area contributed by atoms with Crippen LogP contribution in [0.1, 0.15) is 44.4 Å². The van der Waals surface area contributed by atoms with Crippen molar-refractivity contribution in [1.29, 1.82) is 0 Å². The lowest BCUT2D eigenvalue weighted by Crippen LogP contribution is -2.60. The third kappa shape index (κ3) is 7.58. The minimum atomic E-state index is -1.25. The Kier molecular flexibility index (Phi) is 9.70. The highest BCUT2D eigenvalue weighted by molar-refractivity contribution is 5.92. The molecule has 0 bridgehead atoms. The summed E-state index contributed by atoms with van der Waals surface area (Å²) in [4.78, 5) is 53.1. The van der Waals surface area contributed by atoms with Crippen LogP contribution < -0.4 is 16.1 Å². The molecule has 37 heavy (non-hydrogen) atoms. The summed E-state index contributed by atoms with van der Waals surface area (Å²) in [7, 11) is 0. The molecule has 3 amide bonds. The largest absolute Gasteiger partial charge is 0.480 e. The SMILES string of the molecule is CCc1ccc2cnc(C=CCC(=O)NC(CO)C(=O)NC(C)C(=O)N3CCCC(C(=O)O)N3)cc2c1. The first-order chi connectivity index (χ1) is 17.7. The minimum absolute atomic E-state index is 0.0404. The molecule has 3 unspecified atom stereocenters. The number of hydrogen-bond acceptors (Lipinski definition) is 7. The standard InChI is InChI=1S/C26H33N5O6/c1-3-17-9-10-18-14-27-20(13-19(18)12-17)6-4-8-23(33)29-22(15-32)24(34)28-16(2)25(35)31-11-5-7-21(30-31)26(36)37/h4,6,9-10,12-14,16,21-22,30,32H,3,5,7-8,11,15H2,1-2H3,(H,28,34)(H,29,33)(H,36,37). The number of hydrogen-bond donors (Lipinski definition) is 5. The molecular weight excluding hydrogens is 478 g/mol. The van der Waals surface area contributed by atoms with E-state index >= 15 is 0 Å². The lowest BCUT2D eigenvalue weighted by atomic mass is 10.1. The van der Waals surface area contributed by atoms with E-state index in [9.17, 15) is 24.3 Å². The molecule has 5 N–H and O–H groups in total. The molecule has 0 aliphatic carbocycles. The van der Waals surface area contributed by atoms with Gasteiger partial charge in [-0.25, -0.2) is 5.43 Å². The van der Waals surface area contributed by atoms with Gasteiger partial charge in [0.1, 0.15) is 18.1 Å². The molecule has 1 aliphatic heterocycles. The maximum absolute atomic E-state index is 12.6. The summed E-state index contributed by atoms with van der Waals surface area (Å²) in [5.41, 5.74) is 4.54. The van der Waals surface area contributed by atoms with E-state index in [0.717, 1.165) is 17.2 Å². The van der Waals surface area contributed by atoms with Crippen LogP contribution in [0.2, 0.25) is 0 Å². The van der Waals surface area contributed by atoms with Crippen LogP contribution in [0, 0.1) is 0 Å². The van der Waals surface area contributed by atoms with Gasteiger partial charge in [-0.3, -0.25) is 29.2 Å². The van der Waals surface area contributed by atoms with E-state index in [0.29, 0.717) is 25.1 Å². The van der Waals surface area contributed by atoms with Crippen molar-refractivity contribution in [3.8, 4) is 0 Å². The van der Waals surface area contributed by atoms with Crippen LogP contribution in [-0.4, -0.2) is 75.2 Å². The lowest BCUT2D eigenvalue weighted by molar-refractivity contribution is -0.148. The van der Waals surface area contributed by atoms with Crippen molar-refractivity contribution in [1.82, 2.24) is 26.1 Å². The molecule has 1 aromatic heterocycles. The van der Waals surface area contributed by atoms with Gasteiger partial charge in [-0.1, -0.05) is 31.2 Å². The van der Waals surface area contributed by atoms with E-state index in [4.69, 9.17) is 5.11 Å². The first-order valence-electron chi connectivity index (χ1n) is 12.3. The second-order valence-corrected chi connectivity index (χ2v) is 8.94. The fourth-order valence-electron chi connectivity index (χ4n) is 3.99. The average Bonchev–Trinajstić information content (AvgIpc) is 2.90. The van der Waals surface area contributed by atoms with Crippen LogP contribution in [0.4, 0.5) is 0 Å². The number of nitrogens with one attached hydrogen (secondary N) is 3. The fourth-order valence-corrected chi connectivity index (χ4v) is 3.99. The summed E-state index contributed by atoms with van der Waals surface area (Å²) in [5, 5.41) is 26.9. The van der Waals surface area contributed by atoms with Gasteiger partial charge in [0, 0.05) is 24.5 Å². The van der Waals surface area contributed by atoms with Gasteiger partial charge in [0.05, 0.1) is 12.3 Å². The van der Waals surface area contributed by atoms with Crippen molar-refractivity contribution in [2.24, 2.45) is 0 Å². The second-order valence-electron chi connectivity index (χ2n) is 8.94. The molecule has 1 aliphatic rings. The van der Waals surface area contributed by atoms with E-state index in [-0.39, 0.29) is 6.42 Å². The number of aliphatic hydroxyl groups is 1. The number of aliphatic hydroxyl groups excluding tert-OH is 1. The van der Waals surface area contributed by atoms with Crippen molar-refractivity contribution in [2.45, 2.75) is 57.7 Å². The number of amides is 3. The predicted octanol–water partition coefficient (Wildman–Crippen LogP) is 0.763.